The van der Waals surface area contributed by atoms with Crippen LogP contribution in [0.1, 0.15) is 25.7 Å². The average Bonchev–Trinajstić information content (AvgIpc) is 2.66. The lowest BCUT2D eigenvalue weighted by molar-refractivity contribution is -0.140. The van der Waals surface area contributed by atoms with E-state index in [0.29, 0.717) is 50.8 Å². The van der Waals surface area contributed by atoms with E-state index < -0.39 is 0 Å². The molecule has 2 rings (SSSR count). The summed E-state index contributed by atoms with van der Waals surface area (Å²) in [5.41, 5.74) is 0. The predicted molar refractivity (Wildman–Crippen MR) is 91.8 cm³/mol. The predicted octanol–water partition coefficient (Wildman–Crippen LogP) is 2.64. The van der Waals surface area contributed by atoms with Gasteiger partial charge in [-0.2, -0.15) is 0 Å². The molecule has 1 saturated carbocycles. The maximum Gasteiger partial charge on any atom is 0.314 e. The van der Waals surface area contributed by atoms with E-state index in [-0.39, 0.29) is 17.8 Å². The van der Waals surface area contributed by atoms with E-state index in [2.05, 4.69) is 0 Å². The molecule has 0 amide bonds. The fourth-order valence-corrected chi connectivity index (χ4v) is 2.76. The van der Waals surface area contributed by atoms with Crippen LogP contribution in [0, 0.1) is 11.8 Å². The lowest BCUT2D eigenvalue weighted by Gasteiger charge is -2.23. The molecule has 138 valence electrons. The first kappa shape index (κ1) is 19.4. The summed E-state index contributed by atoms with van der Waals surface area (Å²) in [5, 5.41) is 0. The number of methoxy groups -OCH3 is 1. The van der Waals surface area contributed by atoms with Crippen LogP contribution in [0.5, 0.6) is 11.5 Å². The van der Waals surface area contributed by atoms with Crippen LogP contribution < -0.4 is 9.47 Å². The van der Waals surface area contributed by atoms with Crippen LogP contribution in [0.25, 0.3) is 0 Å². The molecule has 0 N–H and O–H groups in total. The Morgan fingerprint density at radius 1 is 1.00 bits per heavy atom. The van der Waals surface area contributed by atoms with Gasteiger partial charge >= 0.3 is 5.97 Å². The van der Waals surface area contributed by atoms with Crippen molar-refractivity contribution in [1.82, 2.24) is 0 Å². The fraction of sp³-hybridized carbons (Fsp3) is 0.579. The number of ether oxygens (including phenoxy) is 4. The Bertz CT molecular complexity index is 519. The monoisotopic (exact) mass is 350 g/mol. The van der Waals surface area contributed by atoms with Crippen LogP contribution in [-0.4, -0.2) is 45.8 Å². The van der Waals surface area contributed by atoms with Crippen molar-refractivity contribution in [3.05, 3.63) is 24.3 Å². The first-order valence-electron chi connectivity index (χ1n) is 8.69. The first-order valence-corrected chi connectivity index (χ1v) is 8.69. The van der Waals surface area contributed by atoms with Crippen LogP contribution in [0.3, 0.4) is 0 Å². The molecule has 1 aliphatic carbocycles. The van der Waals surface area contributed by atoms with Gasteiger partial charge < -0.3 is 23.7 Å². The smallest absolute Gasteiger partial charge is 0.314 e. The molecule has 0 unspecified atom stereocenters. The molecule has 6 heteroatoms. The molecule has 0 atom stereocenters. The van der Waals surface area contributed by atoms with Crippen LogP contribution in [0.15, 0.2) is 24.3 Å². The van der Waals surface area contributed by atoms with Gasteiger partial charge in [0.05, 0.1) is 25.7 Å². The summed E-state index contributed by atoms with van der Waals surface area (Å²) in [4.78, 5) is 22.9. The number of rotatable bonds is 10. The van der Waals surface area contributed by atoms with Crippen molar-refractivity contribution < 1.29 is 28.5 Å². The third kappa shape index (κ3) is 6.84. The molecular weight excluding hydrogens is 324 g/mol. The van der Waals surface area contributed by atoms with Crippen molar-refractivity contribution in [2.75, 3.05) is 33.5 Å². The second kappa shape index (κ2) is 10.8. The van der Waals surface area contributed by atoms with E-state index in [1.807, 2.05) is 0 Å². The molecule has 1 aromatic carbocycles. The number of benzene rings is 1. The number of hydrogen-bond acceptors (Lipinski definition) is 6. The molecule has 0 aliphatic heterocycles. The summed E-state index contributed by atoms with van der Waals surface area (Å²) in [7, 11) is 1.63. The summed E-state index contributed by atoms with van der Waals surface area (Å²) in [5.74, 6) is 0.965. The maximum absolute atomic E-state index is 12.2. The number of hydrogen-bond donors (Lipinski definition) is 0. The zero-order valence-electron chi connectivity index (χ0n) is 14.6. The fourth-order valence-electron chi connectivity index (χ4n) is 2.76. The lowest BCUT2D eigenvalue weighted by Crippen LogP contribution is -2.26. The molecule has 1 fully saturated rings. The van der Waals surface area contributed by atoms with Crippen molar-refractivity contribution in [1.29, 1.82) is 0 Å². The van der Waals surface area contributed by atoms with E-state index in [4.69, 9.17) is 18.9 Å². The third-order valence-corrected chi connectivity index (χ3v) is 4.27. The van der Waals surface area contributed by atoms with Gasteiger partial charge in [0, 0.05) is 13.0 Å². The van der Waals surface area contributed by atoms with E-state index in [9.17, 15) is 9.59 Å². The zero-order chi connectivity index (χ0) is 17.9. The topological polar surface area (TPSA) is 71.1 Å². The largest absolute Gasteiger partial charge is 0.491 e. The quantitative estimate of drug-likeness (QED) is 0.280. The van der Waals surface area contributed by atoms with Gasteiger partial charge in [-0.3, -0.25) is 4.79 Å². The summed E-state index contributed by atoms with van der Waals surface area (Å²) < 4.78 is 21.2. The zero-order valence-corrected chi connectivity index (χ0v) is 14.6. The van der Waals surface area contributed by atoms with Gasteiger partial charge in [-0.15, -0.1) is 0 Å². The normalized spacial score (nSPS) is 20.0. The Kier molecular flexibility index (Phi) is 8.42. The van der Waals surface area contributed by atoms with Crippen molar-refractivity contribution in [2.24, 2.45) is 11.8 Å². The standard InChI is InChI=1S/C19H26O6/c1-22-10-11-23-12-13-24-17-6-8-18(9-7-17)25-19(21)16-4-2-15(14-20)3-5-16/h6-9,14-16H,2-5,10-13H2,1H3. The van der Waals surface area contributed by atoms with E-state index in [0.717, 1.165) is 19.1 Å². The summed E-state index contributed by atoms with van der Waals surface area (Å²) >= 11 is 0. The van der Waals surface area contributed by atoms with Gasteiger partial charge in [0.1, 0.15) is 24.4 Å². The SMILES string of the molecule is COCCOCCOc1ccc(OC(=O)C2CCC(C=O)CC2)cc1. The van der Waals surface area contributed by atoms with Crippen LogP contribution >= 0.6 is 0 Å². The van der Waals surface area contributed by atoms with Gasteiger partial charge in [0.2, 0.25) is 0 Å². The summed E-state index contributed by atoms with van der Waals surface area (Å²) in [6.07, 6.45) is 3.95. The highest BCUT2D eigenvalue weighted by atomic mass is 16.5. The van der Waals surface area contributed by atoms with Crippen LogP contribution in [-0.2, 0) is 19.1 Å². The minimum atomic E-state index is -0.218. The molecule has 1 aliphatic rings. The summed E-state index contributed by atoms with van der Waals surface area (Å²) in [6, 6.07) is 6.97. The number of aldehydes is 1. The lowest BCUT2D eigenvalue weighted by atomic mass is 9.83. The van der Waals surface area contributed by atoms with Crippen LogP contribution in [0.4, 0.5) is 0 Å². The molecule has 0 radical (unpaired) electrons. The molecule has 0 heterocycles. The molecule has 0 saturated heterocycles. The second-order valence-electron chi connectivity index (χ2n) is 6.09. The van der Waals surface area contributed by atoms with Crippen molar-refractivity contribution in [3.63, 3.8) is 0 Å². The molecule has 1 aromatic rings. The van der Waals surface area contributed by atoms with E-state index >= 15 is 0 Å². The Morgan fingerprint density at radius 3 is 2.28 bits per heavy atom. The van der Waals surface area contributed by atoms with Gasteiger partial charge in [-0.25, -0.2) is 0 Å². The number of esters is 1. The van der Waals surface area contributed by atoms with Gasteiger partial charge in [0.25, 0.3) is 0 Å². The van der Waals surface area contributed by atoms with Crippen molar-refractivity contribution in [3.8, 4) is 11.5 Å². The number of carbonyl (C=O) groups is 2. The Labute approximate surface area is 148 Å². The Balaban J connectivity index is 1.69. The van der Waals surface area contributed by atoms with Crippen LogP contribution in [0.2, 0.25) is 0 Å². The van der Waals surface area contributed by atoms with Gasteiger partial charge in [-0.1, -0.05) is 0 Å². The maximum atomic E-state index is 12.2. The second-order valence-corrected chi connectivity index (χ2v) is 6.09. The number of carbonyl (C=O) groups excluding carboxylic acids is 2. The van der Waals surface area contributed by atoms with Crippen molar-refractivity contribution >= 4 is 12.3 Å². The third-order valence-electron chi connectivity index (χ3n) is 4.27. The highest BCUT2D eigenvalue weighted by Gasteiger charge is 2.27. The highest BCUT2D eigenvalue weighted by Crippen LogP contribution is 2.29. The molecular formula is C19H26O6. The highest BCUT2D eigenvalue weighted by molar-refractivity contribution is 5.75. The molecule has 0 spiro atoms. The van der Waals surface area contributed by atoms with Gasteiger partial charge in [0.15, 0.2) is 0 Å². The first-order chi connectivity index (χ1) is 12.2. The Morgan fingerprint density at radius 2 is 1.64 bits per heavy atom. The summed E-state index contributed by atoms with van der Waals surface area (Å²) in [6.45, 7) is 2.05. The van der Waals surface area contributed by atoms with Gasteiger partial charge in [-0.05, 0) is 49.9 Å². The molecule has 0 aromatic heterocycles. The van der Waals surface area contributed by atoms with E-state index in [1.165, 1.54) is 0 Å². The minimum Gasteiger partial charge on any atom is -0.491 e. The van der Waals surface area contributed by atoms with Crippen molar-refractivity contribution in [2.45, 2.75) is 25.7 Å². The van der Waals surface area contributed by atoms with E-state index in [1.54, 1.807) is 31.4 Å². The molecule has 6 nitrogen and oxygen atoms in total. The minimum absolute atomic E-state index is 0.0963. The molecule has 0 bridgehead atoms. The Hall–Kier alpha value is -1.92. The average molecular weight is 350 g/mol. The molecule has 25 heavy (non-hydrogen) atoms.